The largest absolute Gasteiger partial charge is 0.573 e. The topological polar surface area (TPSA) is 91.6 Å². The fourth-order valence-corrected chi connectivity index (χ4v) is 1.43. The highest BCUT2D eigenvalue weighted by Gasteiger charge is 2.35. The summed E-state index contributed by atoms with van der Waals surface area (Å²) in [6.07, 6.45) is -4.82. The highest BCUT2D eigenvalue weighted by atomic mass is 19.4. The second-order valence-corrected chi connectivity index (χ2v) is 3.62. The summed E-state index contributed by atoms with van der Waals surface area (Å²) in [6, 6.07) is 0. The molecule has 0 saturated heterocycles. The van der Waals surface area contributed by atoms with E-state index in [9.17, 15) is 28.1 Å². The zero-order valence-corrected chi connectivity index (χ0v) is 10.4. The molecule has 0 N–H and O–H groups in total. The lowest BCUT2D eigenvalue weighted by Crippen LogP contribution is -2.20. The molecule has 0 aliphatic heterocycles. The van der Waals surface area contributed by atoms with Crippen molar-refractivity contribution in [3.05, 3.63) is 27.4 Å². The Bertz CT molecular complexity index is 544. The minimum atomic E-state index is -5.05. The number of hydrogen-bond acceptors (Lipinski definition) is 6. The first-order valence-corrected chi connectivity index (χ1v) is 5.11. The Morgan fingerprint density at radius 2 is 2.10 bits per heavy atom. The summed E-state index contributed by atoms with van der Waals surface area (Å²) >= 11 is 0. The normalized spacial score (nSPS) is 11.1. The molecule has 1 aromatic heterocycles. The molecule has 0 fully saturated rings. The smallest absolute Gasteiger partial charge is 0.469 e. The molecule has 0 saturated carbocycles. The van der Waals surface area contributed by atoms with Crippen molar-refractivity contribution in [3.8, 4) is 5.75 Å². The molecule has 10 heteroatoms. The summed E-state index contributed by atoms with van der Waals surface area (Å²) in [5.74, 6) is -2.42. The first-order chi connectivity index (χ1) is 9.15. The molecule has 0 aliphatic rings. The number of rotatable bonds is 4. The van der Waals surface area contributed by atoms with Crippen LogP contribution >= 0.6 is 0 Å². The van der Waals surface area contributed by atoms with Crippen molar-refractivity contribution in [2.45, 2.75) is 19.7 Å². The summed E-state index contributed by atoms with van der Waals surface area (Å²) in [5.41, 5.74) is -0.675. The van der Waals surface area contributed by atoms with Crippen molar-refractivity contribution in [3.63, 3.8) is 0 Å². The third kappa shape index (κ3) is 3.80. The SMILES string of the molecule is COC(=O)Cc1cnc([N+](=O)[O-])c(C)c1OC(F)(F)F. The van der Waals surface area contributed by atoms with Crippen molar-refractivity contribution in [2.24, 2.45) is 0 Å². The fraction of sp³-hybridized carbons (Fsp3) is 0.400. The minimum Gasteiger partial charge on any atom is -0.469 e. The third-order valence-electron chi connectivity index (χ3n) is 2.26. The number of pyridine rings is 1. The molecule has 0 unspecified atom stereocenters. The van der Waals surface area contributed by atoms with Crippen LogP contribution in [0.1, 0.15) is 11.1 Å². The molecule has 0 bridgehead atoms. The lowest BCUT2D eigenvalue weighted by molar-refractivity contribution is -0.390. The number of halogens is 3. The van der Waals surface area contributed by atoms with Gasteiger partial charge in [0.15, 0.2) is 0 Å². The van der Waals surface area contributed by atoms with Gasteiger partial charge in [-0.3, -0.25) is 4.79 Å². The van der Waals surface area contributed by atoms with Gasteiger partial charge in [-0.2, -0.15) is 0 Å². The van der Waals surface area contributed by atoms with E-state index in [1.807, 2.05) is 0 Å². The molecule has 1 heterocycles. The number of nitrogens with zero attached hydrogens (tertiary/aromatic N) is 2. The number of hydrogen-bond donors (Lipinski definition) is 0. The van der Waals surface area contributed by atoms with Gasteiger partial charge in [-0.1, -0.05) is 0 Å². The first kappa shape index (κ1) is 15.7. The van der Waals surface area contributed by atoms with Crippen molar-refractivity contribution >= 4 is 11.8 Å². The predicted octanol–water partition coefficient (Wildman–Crippen LogP) is 1.91. The molecule has 110 valence electrons. The van der Waals surface area contributed by atoms with E-state index in [2.05, 4.69) is 14.5 Å². The van der Waals surface area contributed by atoms with Gasteiger partial charge >= 0.3 is 18.1 Å². The molecular formula is C10H9F3N2O5. The van der Waals surface area contributed by atoms with Gasteiger partial charge in [0, 0.05) is 5.56 Å². The average molecular weight is 294 g/mol. The van der Waals surface area contributed by atoms with Gasteiger partial charge in [0.05, 0.1) is 19.1 Å². The minimum absolute atomic E-state index is 0.253. The van der Waals surface area contributed by atoms with Crippen molar-refractivity contribution in [1.82, 2.24) is 4.98 Å². The molecule has 7 nitrogen and oxygen atoms in total. The molecule has 1 rings (SSSR count). The lowest BCUT2D eigenvalue weighted by atomic mass is 10.1. The number of esters is 1. The van der Waals surface area contributed by atoms with Crippen LogP contribution in [0.5, 0.6) is 5.75 Å². The molecule has 0 amide bonds. The van der Waals surface area contributed by atoms with Gasteiger partial charge < -0.3 is 19.6 Å². The maximum absolute atomic E-state index is 12.3. The Morgan fingerprint density at radius 1 is 1.50 bits per heavy atom. The Morgan fingerprint density at radius 3 is 2.55 bits per heavy atom. The van der Waals surface area contributed by atoms with Crippen LogP contribution in [0.3, 0.4) is 0 Å². The molecule has 1 aromatic rings. The summed E-state index contributed by atoms with van der Waals surface area (Å²) in [7, 11) is 1.05. The second-order valence-electron chi connectivity index (χ2n) is 3.62. The van der Waals surface area contributed by atoms with Crippen LogP contribution in [0.15, 0.2) is 6.20 Å². The zero-order valence-electron chi connectivity index (χ0n) is 10.4. The summed E-state index contributed by atoms with van der Waals surface area (Å²) in [4.78, 5) is 24.2. The number of methoxy groups -OCH3 is 1. The lowest BCUT2D eigenvalue weighted by Gasteiger charge is -2.14. The monoisotopic (exact) mass is 294 g/mol. The maximum Gasteiger partial charge on any atom is 0.573 e. The number of alkyl halides is 3. The van der Waals surface area contributed by atoms with Crippen molar-refractivity contribution in [2.75, 3.05) is 7.11 Å². The van der Waals surface area contributed by atoms with Crippen LogP contribution in [0.4, 0.5) is 19.0 Å². The Balaban J connectivity index is 3.33. The van der Waals surface area contributed by atoms with E-state index < -0.39 is 40.8 Å². The van der Waals surface area contributed by atoms with E-state index in [1.165, 1.54) is 0 Å². The van der Waals surface area contributed by atoms with E-state index in [0.29, 0.717) is 0 Å². The quantitative estimate of drug-likeness (QED) is 0.478. The molecule has 0 radical (unpaired) electrons. The molecule has 0 aliphatic carbocycles. The van der Waals surface area contributed by atoms with Gasteiger partial charge in [-0.25, -0.2) is 0 Å². The van der Waals surface area contributed by atoms with Crippen molar-refractivity contribution < 1.29 is 32.4 Å². The van der Waals surface area contributed by atoms with Crippen LogP contribution in [0.2, 0.25) is 0 Å². The number of ether oxygens (including phenoxy) is 2. The van der Waals surface area contributed by atoms with Crippen LogP contribution in [0, 0.1) is 17.0 Å². The standard InChI is InChI=1S/C10H9F3N2O5/c1-5-8(20-10(11,12)13)6(3-7(16)19-2)4-14-9(5)15(17)18/h4H,3H2,1-2H3. The van der Waals surface area contributed by atoms with E-state index in [4.69, 9.17) is 0 Å². The van der Waals surface area contributed by atoms with Gasteiger partial charge in [-0.05, 0) is 16.8 Å². The van der Waals surface area contributed by atoms with Crippen LogP contribution in [0.25, 0.3) is 0 Å². The Labute approximate surface area is 110 Å². The van der Waals surface area contributed by atoms with E-state index in [0.717, 1.165) is 20.2 Å². The van der Waals surface area contributed by atoms with Gasteiger partial charge in [0.2, 0.25) is 0 Å². The fourth-order valence-electron chi connectivity index (χ4n) is 1.43. The predicted molar refractivity (Wildman–Crippen MR) is 58.0 cm³/mol. The average Bonchev–Trinajstić information content (AvgIpc) is 2.31. The second kappa shape index (κ2) is 5.72. The third-order valence-corrected chi connectivity index (χ3v) is 2.26. The molecule has 0 aromatic carbocycles. The van der Waals surface area contributed by atoms with E-state index >= 15 is 0 Å². The molecule has 20 heavy (non-hydrogen) atoms. The van der Waals surface area contributed by atoms with Gasteiger partial charge in [-0.15, -0.1) is 13.2 Å². The molecular weight excluding hydrogens is 285 g/mol. The number of aromatic nitrogens is 1. The van der Waals surface area contributed by atoms with E-state index in [1.54, 1.807) is 0 Å². The highest BCUT2D eigenvalue weighted by Crippen LogP contribution is 2.33. The maximum atomic E-state index is 12.3. The van der Waals surface area contributed by atoms with Gasteiger partial charge in [0.25, 0.3) is 0 Å². The van der Waals surface area contributed by atoms with E-state index in [-0.39, 0.29) is 5.56 Å². The first-order valence-electron chi connectivity index (χ1n) is 5.11. The Hall–Kier alpha value is -2.39. The van der Waals surface area contributed by atoms with Crippen molar-refractivity contribution in [1.29, 1.82) is 0 Å². The highest BCUT2D eigenvalue weighted by molar-refractivity contribution is 5.73. The Kier molecular flexibility index (Phi) is 4.48. The molecule has 0 atom stereocenters. The van der Waals surface area contributed by atoms with Gasteiger partial charge in [0.1, 0.15) is 11.9 Å². The number of carbonyl (C=O) groups is 1. The van der Waals surface area contributed by atoms with Crippen LogP contribution < -0.4 is 4.74 Å². The summed E-state index contributed by atoms with van der Waals surface area (Å²) < 4.78 is 45.0. The summed E-state index contributed by atoms with van der Waals surface area (Å²) in [6.45, 7) is 1.05. The zero-order chi connectivity index (χ0) is 15.5. The van der Waals surface area contributed by atoms with Crippen LogP contribution in [-0.4, -0.2) is 29.3 Å². The van der Waals surface area contributed by atoms with Crippen LogP contribution in [-0.2, 0) is 16.0 Å². The number of carbonyl (C=O) groups excluding carboxylic acids is 1. The summed E-state index contributed by atoms with van der Waals surface area (Å²) in [5, 5.41) is 10.6. The number of nitro groups is 1. The molecule has 0 spiro atoms.